The van der Waals surface area contributed by atoms with Crippen molar-refractivity contribution in [3.63, 3.8) is 0 Å². The van der Waals surface area contributed by atoms with Gasteiger partial charge in [-0.25, -0.2) is 4.98 Å². The Hall–Kier alpha value is -0.480. The third-order valence-electron chi connectivity index (χ3n) is 2.16. The van der Waals surface area contributed by atoms with Crippen LogP contribution in [0.25, 0.3) is 0 Å². The van der Waals surface area contributed by atoms with Gasteiger partial charge in [-0.05, 0) is 20.3 Å². The van der Waals surface area contributed by atoms with Crippen LogP contribution < -0.4 is 0 Å². The molecule has 4 heteroatoms. The summed E-state index contributed by atoms with van der Waals surface area (Å²) in [4.78, 5) is 4.22. The lowest BCUT2D eigenvalue weighted by Gasteiger charge is -2.15. The third kappa shape index (κ3) is 4.58. The molecular formula is C12H21NO2S. The van der Waals surface area contributed by atoms with Crippen molar-refractivity contribution < 1.29 is 9.52 Å². The number of hydrogen-bond acceptors (Lipinski definition) is 4. The van der Waals surface area contributed by atoms with E-state index in [-0.39, 0.29) is 5.41 Å². The van der Waals surface area contributed by atoms with Crippen LogP contribution in [0.2, 0.25) is 0 Å². The molecule has 1 heterocycles. The molecule has 92 valence electrons. The maximum atomic E-state index is 9.57. The lowest BCUT2D eigenvalue weighted by Crippen LogP contribution is -2.19. The molecule has 0 aliphatic heterocycles. The van der Waals surface area contributed by atoms with Crippen molar-refractivity contribution in [1.29, 1.82) is 0 Å². The van der Waals surface area contributed by atoms with E-state index in [1.807, 2.05) is 13.8 Å². The summed E-state index contributed by atoms with van der Waals surface area (Å²) in [7, 11) is 0. The van der Waals surface area contributed by atoms with Crippen LogP contribution in [0.15, 0.2) is 15.8 Å². The molecule has 0 unspecified atom stereocenters. The van der Waals surface area contributed by atoms with Crippen LogP contribution >= 0.6 is 11.8 Å². The summed E-state index contributed by atoms with van der Waals surface area (Å²) in [5.74, 6) is 1.71. The van der Waals surface area contributed by atoms with Crippen LogP contribution in [0.4, 0.5) is 0 Å². The summed E-state index contributed by atoms with van der Waals surface area (Å²) in [5, 5.41) is 10.3. The van der Waals surface area contributed by atoms with Crippen molar-refractivity contribution in [2.45, 2.75) is 57.3 Å². The van der Waals surface area contributed by atoms with Crippen LogP contribution in [-0.2, 0) is 5.41 Å². The minimum absolute atomic E-state index is 0.00204. The number of aliphatic hydroxyl groups is 1. The molecule has 0 saturated heterocycles. The van der Waals surface area contributed by atoms with Crippen LogP contribution in [0, 0.1) is 0 Å². The van der Waals surface area contributed by atoms with Gasteiger partial charge in [0.15, 0.2) is 0 Å². The fraction of sp³-hybridized carbons (Fsp3) is 0.750. The van der Waals surface area contributed by atoms with E-state index in [9.17, 15) is 5.11 Å². The molecule has 0 aliphatic rings. The van der Waals surface area contributed by atoms with Crippen LogP contribution in [-0.4, -0.2) is 21.4 Å². The summed E-state index contributed by atoms with van der Waals surface area (Å²) in [5.41, 5.74) is -0.617. The van der Waals surface area contributed by atoms with Gasteiger partial charge in [-0.2, -0.15) is 0 Å². The van der Waals surface area contributed by atoms with Crippen molar-refractivity contribution in [3.05, 3.63) is 12.0 Å². The van der Waals surface area contributed by atoms with Crippen molar-refractivity contribution in [2.75, 3.05) is 5.75 Å². The zero-order valence-electron chi connectivity index (χ0n) is 10.7. The Labute approximate surface area is 102 Å². The zero-order valence-corrected chi connectivity index (χ0v) is 11.5. The molecule has 16 heavy (non-hydrogen) atoms. The highest BCUT2D eigenvalue weighted by molar-refractivity contribution is 7.99. The first-order chi connectivity index (χ1) is 7.18. The van der Waals surface area contributed by atoms with Gasteiger partial charge in [-0.1, -0.05) is 32.5 Å². The highest BCUT2D eigenvalue weighted by Gasteiger charge is 2.19. The van der Waals surface area contributed by atoms with Gasteiger partial charge in [0.2, 0.25) is 0 Å². The van der Waals surface area contributed by atoms with Crippen LogP contribution in [0.1, 0.15) is 46.8 Å². The van der Waals surface area contributed by atoms with E-state index in [1.54, 1.807) is 18.0 Å². The topological polar surface area (TPSA) is 46.3 Å². The Morgan fingerprint density at radius 3 is 2.38 bits per heavy atom. The van der Waals surface area contributed by atoms with Gasteiger partial charge in [-0.3, -0.25) is 0 Å². The molecule has 3 nitrogen and oxygen atoms in total. The number of aromatic nitrogens is 1. The quantitative estimate of drug-likeness (QED) is 0.825. The van der Waals surface area contributed by atoms with E-state index >= 15 is 0 Å². The van der Waals surface area contributed by atoms with Crippen molar-refractivity contribution in [1.82, 2.24) is 4.98 Å². The zero-order chi connectivity index (χ0) is 12.4. The summed E-state index contributed by atoms with van der Waals surface area (Å²) >= 11 is 1.55. The van der Waals surface area contributed by atoms with E-state index in [0.29, 0.717) is 5.22 Å². The molecule has 0 aliphatic carbocycles. The van der Waals surface area contributed by atoms with E-state index in [4.69, 9.17) is 4.42 Å². The Bertz CT molecular complexity index is 334. The molecule has 1 aromatic rings. The number of hydrogen-bond donors (Lipinski definition) is 1. The largest absolute Gasteiger partial charge is 0.436 e. The average molecular weight is 243 g/mol. The molecule has 1 rings (SSSR count). The minimum atomic E-state index is -0.619. The highest BCUT2D eigenvalue weighted by Crippen LogP contribution is 2.27. The average Bonchev–Trinajstić information content (AvgIpc) is 2.49. The first kappa shape index (κ1) is 13.6. The normalized spacial score (nSPS) is 13.1. The fourth-order valence-corrected chi connectivity index (χ4v) is 2.11. The van der Waals surface area contributed by atoms with Crippen molar-refractivity contribution in [3.8, 4) is 0 Å². The van der Waals surface area contributed by atoms with E-state index in [1.165, 1.54) is 0 Å². The Kier molecular flexibility index (Phi) is 4.07. The number of thioether (sulfide) groups is 1. The number of oxazole rings is 1. The SMILES string of the molecule is CC(C)(O)CCSc1ncc(C(C)(C)C)o1. The highest BCUT2D eigenvalue weighted by atomic mass is 32.2. The molecule has 0 bridgehead atoms. The predicted octanol–water partition coefficient (Wildman–Crippen LogP) is 3.23. The second kappa shape index (κ2) is 4.80. The monoisotopic (exact) mass is 243 g/mol. The summed E-state index contributed by atoms with van der Waals surface area (Å²) in [6.07, 6.45) is 2.51. The molecule has 1 N–H and O–H groups in total. The van der Waals surface area contributed by atoms with Gasteiger partial charge >= 0.3 is 0 Å². The van der Waals surface area contributed by atoms with Crippen LogP contribution in [0.3, 0.4) is 0 Å². The van der Waals surface area contributed by atoms with E-state index < -0.39 is 5.60 Å². The lowest BCUT2D eigenvalue weighted by atomic mass is 9.94. The molecule has 0 fully saturated rings. The molecule has 0 amide bonds. The number of nitrogens with zero attached hydrogens (tertiary/aromatic N) is 1. The van der Waals surface area contributed by atoms with Crippen LogP contribution in [0.5, 0.6) is 0 Å². The van der Waals surface area contributed by atoms with Gasteiger partial charge in [0, 0.05) is 11.2 Å². The maximum Gasteiger partial charge on any atom is 0.255 e. The fourth-order valence-electron chi connectivity index (χ4n) is 1.06. The van der Waals surface area contributed by atoms with Gasteiger partial charge in [0.05, 0.1) is 11.8 Å². The molecule has 0 aromatic carbocycles. The maximum absolute atomic E-state index is 9.57. The first-order valence-corrected chi connectivity index (χ1v) is 6.48. The Morgan fingerprint density at radius 1 is 1.31 bits per heavy atom. The molecule has 0 spiro atoms. The van der Waals surface area contributed by atoms with Gasteiger partial charge in [-0.15, -0.1) is 0 Å². The molecule has 0 atom stereocenters. The smallest absolute Gasteiger partial charge is 0.255 e. The third-order valence-corrected chi connectivity index (χ3v) is 3.01. The minimum Gasteiger partial charge on any atom is -0.436 e. The van der Waals surface area contributed by atoms with Gasteiger partial charge < -0.3 is 9.52 Å². The molecular weight excluding hydrogens is 222 g/mol. The Balaban J connectivity index is 2.48. The van der Waals surface area contributed by atoms with Gasteiger partial charge in [0.1, 0.15) is 5.76 Å². The van der Waals surface area contributed by atoms with E-state index in [0.717, 1.165) is 17.9 Å². The van der Waals surface area contributed by atoms with Crippen molar-refractivity contribution in [2.24, 2.45) is 0 Å². The standard InChI is InChI=1S/C12H21NO2S/c1-11(2,3)9-8-13-10(15-9)16-7-6-12(4,5)14/h8,14H,6-7H2,1-5H3. The molecule has 0 radical (unpaired) electrons. The van der Waals surface area contributed by atoms with Gasteiger partial charge in [0.25, 0.3) is 5.22 Å². The first-order valence-electron chi connectivity index (χ1n) is 5.50. The lowest BCUT2D eigenvalue weighted by molar-refractivity contribution is 0.0777. The summed E-state index contributed by atoms with van der Waals surface area (Å²) in [6, 6.07) is 0. The Morgan fingerprint density at radius 2 is 1.94 bits per heavy atom. The van der Waals surface area contributed by atoms with E-state index in [2.05, 4.69) is 25.8 Å². The predicted molar refractivity (Wildman–Crippen MR) is 66.8 cm³/mol. The van der Waals surface area contributed by atoms with Crippen molar-refractivity contribution >= 4 is 11.8 Å². The summed E-state index contributed by atoms with van der Waals surface area (Å²) < 4.78 is 5.63. The molecule has 1 aromatic heterocycles. The second-order valence-corrected chi connectivity index (χ2v) is 6.70. The summed E-state index contributed by atoms with van der Waals surface area (Å²) in [6.45, 7) is 9.91. The molecule has 0 saturated carbocycles. The number of rotatable bonds is 4. The second-order valence-electron chi connectivity index (χ2n) is 5.65.